The fourth-order valence-corrected chi connectivity index (χ4v) is 3.80. The van der Waals surface area contributed by atoms with Crippen molar-refractivity contribution in [3.05, 3.63) is 0 Å². The maximum Gasteiger partial charge on any atom is 0.315 e. The van der Waals surface area contributed by atoms with E-state index in [4.69, 9.17) is 1.43 Å². The molecule has 0 aromatic rings. The van der Waals surface area contributed by atoms with Crippen molar-refractivity contribution < 1.29 is 14.7 Å². The van der Waals surface area contributed by atoms with E-state index < -0.39 is 5.97 Å². The summed E-state index contributed by atoms with van der Waals surface area (Å²) in [7, 11) is 0. The van der Waals surface area contributed by atoms with Crippen molar-refractivity contribution in [1.82, 2.24) is 10.6 Å². The third-order valence-corrected chi connectivity index (χ3v) is 4.57. The Morgan fingerprint density at radius 2 is 2.44 bits per heavy atom. The maximum atomic E-state index is 11.1. The second-order valence-electron chi connectivity index (χ2n) is 4.24. The third kappa shape index (κ3) is 2.61. The van der Waals surface area contributed by atoms with Crippen LogP contribution in [0, 0.1) is 0 Å². The van der Waals surface area contributed by atoms with Crippen molar-refractivity contribution in [2.75, 3.05) is 5.75 Å². The van der Waals surface area contributed by atoms with E-state index >= 15 is 0 Å². The molecule has 2 amide bonds. The lowest BCUT2D eigenvalue weighted by Gasteiger charge is -2.16. The second-order valence-corrected chi connectivity index (χ2v) is 5.51. The molecule has 16 heavy (non-hydrogen) atoms. The molecular weight excluding hydrogens is 228 g/mol. The molecule has 2 aliphatic heterocycles. The van der Waals surface area contributed by atoms with Crippen LogP contribution in [-0.2, 0) is 4.79 Å². The van der Waals surface area contributed by atoms with Gasteiger partial charge in [-0.1, -0.05) is 6.42 Å². The second kappa shape index (κ2) is 4.95. The Morgan fingerprint density at radius 1 is 1.56 bits per heavy atom. The number of hydrogen-bond acceptors (Lipinski definition) is 4. The zero-order valence-corrected chi connectivity index (χ0v) is 9.72. The molecule has 6 heteroatoms. The first kappa shape index (κ1) is 10.3. The average molecular weight is 246 g/mol. The molecule has 5 nitrogen and oxygen atoms in total. The average Bonchev–Trinajstić information content (AvgIpc) is 2.84. The fourth-order valence-electron chi connectivity index (χ4n) is 2.26. The van der Waals surface area contributed by atoms with Gasteiger partial charge >= 0.3 is 12.0 Å². The van der Waals surface area contributed by atoms with Gasteiger partial charge in [-0.3, -0.25) is 4.79 Å². The van der Waals surface area contributed by atoms with Crippen LogP contribution in [0.5, 0.6) is 0 Å². The van der Waals surface area contributed by atoms with Gasteiger partial charge in [0.05, 0.1) is 12.1 Å². The van der Waals surface area contributed by atoms with Gasteiger partial charge in [-0.05, 0) is 12.8 Å². The number of aliphatic carboxylic acids is 1. The molecule has 2 fully saturated rings. The maximum absolute atomic E-state index is 11.1. The molecule has 2 aliphatic rings. The van der Waals surface area contributed by atoms with Gasteiger partial charge in [-0.25, -0.2) is 4.79 Å². The first-order chi connectivity index (χ1) is 8.20. The Labute approximate surface area is 99.8 Å². The number of nitrogens with one attached hydrogen (secondary N) is 2. The molecular formula is C10H16N2O3S. The van der Waals surface area contributed by atoms with Crippen molar-refractivity contribution in [1.29, 1.82) is 1.43 Å². The lowest BCUT2D eigenvalue weighted by Crippen LogP contribution is -2.36. The number of hydrogen-bond donors (Lipinski definition) is 3. The number of unbranched alkanes of at least 4 members (excludes halogenated alkanes) is 1. The van der Waals surface area contributed by atoms with Gasteiger partial charge in [0.2, 0.25) is 0 Å². The topological polar surface area (TPSA) is 78.4 Å². The van der Waals surface area contributed by atoms with Crippen LogP contribution in [0.4, 0.5) is 4.79 Å². The highest BCUT2D eigenvalue weighted by atomic mass is 32.2. The van der Waals surface area contributed by atoms with Crippen LogP contribution in [0.2, 0.25) is 0 Å². The van der Waals surface area contributed by atoms with Gasteiger partial charge in [0.25, 0.3) is 1.43 Å². The summed E-state index contributed by atoms with van der Waals surface area (Å²) in [6.45, 7) is 0. The van der Waals surface area contributed by atoms with Gasteiger partial charge in [0.15, 0.2) is 0 Å². The number of carbonyl (C=O) groups excluding carboxylic acids is 1. The van der Waals surface area contributed by atoms with E-state index in [1.807, 2.05) is 11.8 Å². The van der Waals surface area contributed by atoms with E-state index in [0.29, 0.717) is 11.7 Å². The summed E-state index contributed by atoms with van der Waals surface area (Å²) in [4.78, 5) is 21.9. The lowest BCUT2D eigenvalue weighted by atomic mass is 10.0. The lowest BCUT2D eigenvalue weighted by molar-refractivity contribution is -0.137. The minimum absolute atomic E-state index is 0.0666. The van der Waals surface area contributed by atoms with E-state index in [2.05, 4.69) is 15.7 Å². The molecule has 0 radical (unpaired) electrons. The zero-order valence-electron chi connectivity index (χ0n) is 9.90. The van der Waals surface area contributed by atoms with Crippen LogP contribution in [0.15, 0.2) is 0 Å². The molecule has 90 valence electrons. The van der Waals surface area contributed by atoms with Crippen LogP contribution in [-0.4, -0.2) is 40.2 Å². The van der Waals surface area contributed by atoms with Crippen LogP contribution in [0.1, 0.15) is 25.7 Å². The van der Waals surface area contributed by atoms with E-state index in [1.165, 1.54) is 0 Å². The van der Waals surface area contributed by atoms with E-state index in [1.54, 1.807) is 0 Å². The van der Waals surface area contributed by atoms with Gasteiger partial charge in [0, 0.05) is 17.4 Å². The van der Waals surface area contributed by atoms with Crippen molar-refractivity contribution in [2.24, 2.45) is 0 Å². The molecule has 0 unspecified atom stereocenters. The monoisotopic (exact) mass is 246 g/mol. The van der Waals surface area contributed by atoms with Gasteiger partial charge in [-0.2, -0.15) is 11.8 Å². The summed E-state index contributed by atoms with van der Waals surface area (Å²) in [5, 5.41) is 10.1. The fraction of sp³-hybridized carbons (Fsp3) is 0.800. The highest BCUT2D eigenvalue weighted by Gasteiger charge is 2.42. The van der Waals surface area contributed by atoms with Crippen LogP contribution in [0.3, 0.4) is 0 Å². The predicted molar refractivity (Wildman–Crippen MR) is 61.6 cm³/mol. The number of rotatable bonds is 5. The number of carboxylic acids is 1. The summed E-state index contributed by atoms with van der Waals surface area (Å²) in [5.41, 5.74) is 0. The van der Waals surface area contributed by atoms with Crippen molar-refractivity contribution >= 4 is 23.8 Å². The third-order valence-electron chi connectivity index (χ3n) is 3.06. The van der Waals surface area contributed by atoms with Gasteiger partial charge in [-0.15, -0.1) is 0 Å². The zero-order chi connectivity index (χ0) is 12.3. The van der Waals surface area contributed by atoms with Gasteiger partial charge in [0.1, 0.15) is 0 Å². The number of thioether (sulfide) groups is 1. The summed E-state index contributed by atoms with van der Waals surface area (Å²) in [6, 6.07) is 0.425. The quantitative estimate of drug-likeness (QED) is 0.495. The van der Waals surface area contributed by atoms with Crippen LogP contribution in [0.25, 0.3) is 1.43 Å². The molecule has 3 N–H and O–H groups in total. The Morgan fingerprint density at radius 3 is 3.25 bits per heavy atom. The minimum atomic E-state index is -0.474. The number of carbonyl (C=O) groups is 2. The normalized spacial score (nSPS) is 32.6. The molecule has 2 rings (SSSR count). The molecule has 0 saturated carbocycles. The molecule has 3 atom stereocenters. The minimum Gasteiger partial charge on any atom is -0.481 e. The van der Waals surface area contributed by atoms with Crippen molar-refractivity contribution in [2.45, 2.75) is 43.0 Å². The highest BCUT2D eigenvalue weighted by Crippen LogP contribution is 2.33. The summed E-state index contributed by atoms with van der Waals surface area (Å²) >= 11 is 1.87. The largest absolute Gasteiger partial charge is 0.481 e. The number of urea groups is 1. The Hall–Kier alpha value is -0.910. The molecule has 2 heterocycles. The number of carboxylic acid groups (broad SMARTS) is 1. The Bertz CT molecular complexity index is 316. The Balaban J connectivity index is 1.66. The highest BCUT2D eigenvalue weighted by molar-refractivity contribution is 8.00. The van der Waals surface area contributed by atoms with Crippen molar-refractivity contribution in [3.63, 3.8) is 0 Å². The molecule has 0 aliphatic carbocycles. The molecule has 0 bridgehead atoms. The molecule has 0 spiro atoms. The SMILES string of the molecule is [3H]OC(=O)CCCC[C@@H]1SC[C@@H]2NC(=O)N[C@@H]21. The number of fused-ring (bicyclic) bond motifs is 1. The summed E-state index contributed by atoms with van der Waals surface area (Å²) < 4.78 is 6.42. The van der Waals surface area contributed by atoms with Crippen molar-refractivity contribution in [3.8, 4) is 0 Å². The standard InChI is InChI=1S/C10H16N2O3S/c13-8(14)4-2-1-3-7-9-6(5-16-7)11-10(15)12-9/h6-7,9H,1-5H2,(H,13,14)(H2,11,12,15)/t6-,7-,9-/m0/s1/i/hT. The van der Waals surface area contributed by atoms with E-state index in [-0.39, 0.29) is 18.1 Å². The van der Waals surface area contributed by atoms with Gasteiger partial charge < -0.3 is 15.7 Å². The summed E-state index contributed by atoms with van der Waals surface area (Å²) in [5.74, 6) is 0.487. The molecule has 2 saturated heterocycles. The Kier molecular flexibility index (Phi) is 3.17. The summed E-state index contributed by atoms with van der Waals surface area (Å²) in [6.07, 6.45) is 2.96. The van der Waals surface area contributed by atoms with E-state index in [0.717, 1.165) is 25.0 Å². The van der Waals surface area contributed by atoms with Crippen LogP contribution < -0.4 is 10.6 Å². The number of amides is 2. The molecule has 0 aromatic carbocycles. The predicted octanol–water partition coefficient (Wildman–Crippen LogP) is 0.797. The first-order valence-electron chi connectivity index (χ1n) is 5.96. The van der Waals surface area contributed by atoms with E-state index in [9.17, 15) is 9.59 Å². The smallest absolute Gasteiger partial charge is 0.315 e. The molecule has 0 aromatic heterocycles. The first-order valence-corrected chi connectivity index (χ1v) is 6.60. The van der Waals surface area contributed by atoms with Crippen LogP contribution >= 0.6 is 11.8 Å².